The number of aromatic amines is 1. The van der Waals surface area contributed by atoms with Crippen molar-refractivity contribution in [3.63, 3.8) is 0 Å². The second-order valence-corrected chi connectivity index (χ2v) is 4.91. The number of likely N-dealkylation sites (tertiary alicyclic amines) is 1. The van der Waals surface area contributed by atoms with E-state index in [1.165, 1.54) is 11.2 Å². The van der Waals surface area contributed by atoms with Crippen molar-refractivity contribution in [2.45, 2.75) is 18.9 Å². The molecule has 1 saturated heterocycles. The molecule has 1 aromatic carbocycles. The van der Waals surface area contributed by atoms with Gasteiger partial charge >= 0.3 is 5.97 Å². The van der Waals surface area contributed by atoms with Crippen molar-refractivity contribution in [3.05, 3.63) is 36.2 Å². The summed E-state index contributed by atoms with van der Waals surface area (Å²) in [7, 11) is 0. The predicted molar refractivity (Wildman–Crippen MR) is 73.5 cm³/mol. The van der Waals surface area contributed by atoms with E-state index in [-0.39, 0.29) is 5.91 Å². The number of hydrogen-bond acceptors (Lipinski definition) is 4. The fraction of sp³-hybridized carbons (Fsp3) is 0.286. The molecule has 2 N–H and O–H groups in total. The molecule has 1 atom stereocenters. The predicted octanol–water partition coefficient (Wildman–Crippen LogP) is 1.16. The van der Waals surface area contributed by atoms with Gasteiger partial charge in [-0.2, -0.15) is 5.10 Å². The lowest BCUT2D eigenvalue weighted by Crippen LogP contribution is -2.40. The van der Waals surface area contributed by atoms with Crippen molar-refractivity contribution < 1.29 is 14.7 Å². The molecule has 2 heterocycles. The number of nitrogens with one attached hydrogen (secondary N) is 1. The average molecular weight is 286 g/mol. The summed E-state index contributed by atoms with van der Waals surface area (Å²) >= 11 is 0. The first-order valence-electron chi connectivity index (χ1n) is 6.66. The number of carbonyl (C=O) groups excluding carboxylic acids is 1. The normalized spacial score (nSPS) is 17.9. The fourth-order valence-corrected chi connectivity index (χ4v) is 2.55. The van der Waals surface area contributed by atoms with Crippen LogP contribution < -0.4 is 0 Å². The number of carbonyl (C=O) groups is 2. The lowest BCUT2D eigenvalue weighted by Gasteiger charge is -2.21. The molecule has 0 aliphatic carbocycles. The molecule has 3 rings (SSSR count). The first-order valence-corrected chi connectivity index (χ1v) is 6.66. The van der Waals surface area contributed by atoms with E-state index in [4.69, 9.17) is 5.11 Å². The van der Waals surface area contributed by atoms with Gasteiger partial charge in [0.2, 0.25) is 0 Å². The van der Waals surface area contributed by atoms with E-state index in [2.05, 4.69) is 15.2 Å². The maximum atomic E-state index is 12.4. The first kappa shape index (κ1) is 13.3. The molecule has 108 valence electrons. The fourth-order valence-electron chi connectivity index (χ4n) is 2.55. The third-order valence-electron chi connectivity index (χ3n) is 3.62. The summed E-state index contributed by atoms with van der Waals surface area (Å²) in [6.45, 7) is 0.486. The van der Waals surface area contributed by atoms with Crippen molar-refractivity contribution in [2.24, 2.45) is 0 Å². The monoisotopic (exact) mass is 286 g/mol. The molecule has 21 heavy (non-hydrogen) atoms. The molecule has 1 aliphatic heterocycles. The summed E-state index contributed by atoms with van der Waals surface area (Å²) in [6.07, 6.45) is 2.65. The standard InChI is InChI=1S/C14H14N4O3/c19-13(18-7-1-2-11(18)14(20)21)10-5-3-9(4-6-10)12-15-8-16-17-12/h3-6,8,11H,1-2,7H2,(H,20,21)(H,15,16,17)/t11-/m1/s1. The smallest absolute Gasteiger partial charge is 0.326 e. The lowest BCUT2D eigenvalue weighted by molar-refractivity contribution is -0.141. The third kappa shape index (κ3) is 2.49. The third-order valence-corrected chi connectivity index (χ3v) is 3.62. The van der Waals surface area contributed by atoms with E-state index in [0.717, 1.165) is 12.0 Å². The molecule has 1 amide bonds. The zero-order valence-electron chi connectivity index (χ0n) is 11.2. The van der Waals surface area contributed by atoms with Gasteiger partial charge in [-0.25, -0.2) is 9.78 Å². The minimum atomic E-state index is -0.945. The molecule has 0 unspecified atom stereocenters. The van der Waals surface area contributed by atoms with Crippen LogP contribution in [0.3, 0.4) is 0 Å². The summed E-state index contributed by atoms with van der Waals surface area (Å²) < 4.78 is 0. The van der Waals surface area contributed by atoms with Gasteiger partial charge in [-0.15, -0.1) is 0 Å². The number of carboxylic acids is 1. The van der Waals surface area contributed by atoms with Crippen LogP contribution in [0.4, 0.5) is 0 Å². The minimum absolute atomic E-state index is 0.246. The SMILES string of the molecule is O=C(O)[C@H]1CCCN1C(=O)c1ccc(-c2ncn[nH]2)cc1. The number of H-pyrrole nitrogens is 1. The van der Waals surface area contributed by atoms with E-state index in [1.807, 2.05) is 0 Å². The molecule has 0 saturated carbocycles. The van der Waals surface area contributed by atoms with Gasteiger partial charge in [0.05, 0.1) is 0 Å². The first-order chi connectivity index (χ1) is 10.2. The number of rotatable bonds is 3. The molecule has 0 spiro atoms. The Balaban J connectivity index is 1.80. The Kier molecular flexibility index (Phi) is 3.39. The van der Waals surface area contributed by atoms with Crippen molar-refractivity contribution >= 4 is 11.9 Å². The van der Waals surface area contributed by atoms with Crippen LogP contribution in [0.25, 0.3) is 11.4 Å². The lowest BCUT2D eigenvalue weighted by atomic mass is 10.1. The Hall–Kier alpha value is -2.70. The Bertz CT molecular complexity index is 651. The highest BCUT2D eigenvalue weighted by molar-refractivity contribution is 5.97. The minimum Gasteiger partial charge on any atom is -0.480 e. The highest BCUT2D eigenvalue weighted by atomic mass is 16.4. The Morgan fingerprint density at radius 1 is 1.29 bits per heavy atom. The molecule has 7 heteroatoms. The van der Waals surface area contributed by atoms with Crippen molar-refractivity contribution in [1.29, 1.82) is 0 Å². The number of benzene rings is 1. The summed E-state index contributed by atoms with van der Waals surface area (Å²) in [5.74, 6) is -0.568. The Morgan fingerprint density at radius 2 is 2.05 bits per heavy atom. The average Bonchev–Trinajstić information content (AvgIpc) is 3.18. The van der Waals surface area contributed by atoms with Gasteiger partial charge in [0.15, 0.2) is 5.82 Å². The Morgan fingerprint density at radius 3 is 2.67 bits per heavy atom. The van der Waals surface area contributed by atoms with Crippen LogP contribution in [0.2, 0.25) is 0 Å². The number of aliphatic carboxylic acids is 1. The topological polar surface area (TPSA) is 99.2 Å². The number of hydrogen-bond donors (Lipinski definition) is 2. The van der Waals surface area contributed by atoms with Crippen LogP contribution in [0, 0.1) is 0 Å². The molecule has 1 aliphatic rings. The molecule has 1 fully saturated rings. The summed E-state index contributed by atoms with van der Waals surface area (Å²) in [4.78, 5) is 29.0. The van der Waals surface area contributed by atoms with Crippen LogP contribution >= 0.6 is 0 Å². The van der Waals surface area contributed by atoms with Gasteiger partial charge in [0, 0.05) is 17.7 Å². The number of nitrogens with zero attached hydrogens (tertiary/aromatic N) is 3. The maximum absolute atomic E-state index is 12.4. The van der Waals surface area contributed by atoms with Crippen LogP contribution in [-0.2, 0) is 4.79 Å². The van der Waals surface area contributed by atoms with E-state index in [0.29, 0.717) is 24.4 Å². The zero-order valence-corrected chi connectivity index (χ0v) is 11.2. The van der Waals surface area contributed by atoms with Gasteiger partial charge in [-0.1, -0.05) is 12.1 Å². The highest BCUT2D eigenvalue weighted by Gasteiger charge is 2.34. The molecule has 0 bridgehead atoms. The van der Waals surface area contributed by atoms with Crippen molar-refractivity contribution in [2.75, 3.05) is 6.54 Å². The van der Waals surface area contributed by atoms with Crippen molar-refractivity contribution in [3.8, 4) is 11.4 Å². The van der Waals surface area contributed by atoms with E-state index in [1.54, 1.807) is 24.3 Å². The second kappa shape index (κ2) is 5.35. The van der Waals surface area contributed by atoms with Gasteiger partial charge in [-0.05, 0) is 25.0 Å². The summed E-state index contributed by atoms with van der Waals surface area (Å²) in [5.41, 5.74) is 1.30. The van der Waals surface area contributed by atoms with Gasteiger partial charge in [0.1, 0.15) is 12.4 Å². The molecule has 0 radical (unpaired) electrons. The molecule has 7 nitrogen and oxygen atoms in total. The van der Waals surface area contributed by atoms with Gasteiger partial charge in [-0.3, -0.25) is 9.89 Å². The molecule has 2 aromatic rings. The number of aromatic nitrogens is 3. The van der Waals surface area contributed by atoms with E-state index < -0.39 is 12.0 Å². The van der Waals surface area contributed by atoms with E-state index in [9.17, 15) is 9.59 Å². The van der Waals surface area contributed by atoms with Crippen LogP contribution in [0.1, 0.15) is 23.2 Å². The Labute approximate surface area is 120 Å². The molecular formula is C14H14N4O3. The highest BCUT2D eigenvalue weighted by Crippen LogP contribution is 2.21. The summed E-state index contributed by atoms with van der Waals surface area (Å²) in [6, 6.07) is 6.17. The molecule has 1 aromatic heterocycles. The van der Waals surface area contributed by atoms with Crippen LogP contribution in [0.15, 0.2) is 30.6 Å². The largest absolute Gasteiger partial charge is 0.480 e. The van der Waals surface area contributed by atoms with Crippen LogP contribution in [0.5, 0.6) is 0 Å². The quantitative estimate of drug-likeness (QED) is 0.882. The van der Waals surface area contributed by atoms with E-state index >= 15 is 0 Å². The van der Waals surface area contributed by atoms with Gasteiger partial charge < -0.3 is 10.0 Å². The zero-order chi connectivity index (χ0) is 14.8. The summed E-state index contributed by atoms with van der Waals surface area (Å²) in [5, 5.41) is 15.7. The van der Waals surface area contributed by atoms with Crippen molar-refractivity contribution in [1.82, 2.24) is 20.1 Å². The number of carboxylic acid groups (broad SMARTS) is 1. The second-order valence-electron chi connectivity index (χ2n) is 4.91. The number of amides is 1. The maximum Gasteiger partial charge on any atom is 0.326 e. The molecular weight excluding hydrogens is 272 g/mol. The van der Waals surface area contributed by atoms with Gasteiger partial charge in [0.25, 0.3) is 5.91 Å². The van der Waals surface area contributed by atoms with Crippen LogP contribution in [-0.4, -0.2) is 49.7 Å².